The molecule has 0 amide bonds. The number of ether oxygens (including phenoxy) is 1. The zero-order valence-corrected chi connectivity index (χ0v) is 17.4. The summed E-state index contributed by atoms with van der Waals surface area (Å²) in [5.41, 5.74) is 2.53. The highest BCUT2D eigenvalue weighted by Gasteiger charge is 2.15. The molecule has 148 valence electrons. The zero-order valence-electron chi connectivity index (χ0n) is 16.5. The van der Waals surface area contributed by atoms with Gasteiger partial charge in [0.2, 0.25) is 0 Å². The minimum atomic E-state index is -0.217. The number of aromatic nitrogens is 4. The number of H-pyrrole nitrogens is 1. The van der Waals surface area contributed by atoms with E-state index in [1.165, 1.54) is 23.4 Å². The Morgan fingerprint density at radius 2 is 1.76 bits per heavy atom. The molecule has 0 fully saturated rings. The van der Waals surface area contributed by atoms with Gasteiger partial charge in [0.05, 0.1) is 0 Å². The summed E-state index contributed by atoms with van der Waals surface area (Å²) < 4.78 is 7.35. The molecule has 0 bridgehead atoms. The summed E-state index contributed by atoms with van der Waals surface area (Å²) in [4.78, 5) is 21.1. The molecule has 29 heavy (non-hydrogen) atoms. The molecule has 2 aromatic carbocycles. The highest BCUT2D eigenvalue weighted by Crippen LogP contribution is 2.26. The van der Waals surface area contributed by atoms with Gasteiger partial charge in [-0.15, -0.1) is 0 Å². The molecule has 0 aliphatic heterocycles. The van der Waals surface area contributed by atoms with Crippen molar-refractivity contribution in [2.75, 3.05) is 5.94 Å². The minimum absolute atomic E-state index is 0.0765. The van der Waals surface area contributed by atoms with E-state index < -0.39 is 0 Å². The Labute approximate surface area is 173 Å². The van der Waals surface area contributed by atoms with Crippen molar-refractivity contribution < 1.29 is 4.74 Å². The van der Waals surface area contributed by atoms with Crippen LogP contribution in [0.4, 0.5) is 0 Å². The number of thioether (sulfide) groups is 1. The third-order valence-corrected chi connectivity index (χ3v) is 5.26. The lowest BCUT2D eigenvalue weighted by atomic mass is 9.87. The van der Waals surface area contributed by atoms with Crippen LogP contribution < -0.4 is 10.3 Å². The fourth-order valence-corrected chi connectivity index (χ4v) is 3.62. The van der Waals surface area contributed by atoms with Crippen molar-refractivity contribution >= 4 is 17.4 Å². The molecule has 4 rings (SSSR count). The first kappa shape index (κ1) is 19.3. The van der Waals surface area contributed by atoms with Crippen molar-refractivity contribution in [2.45, 2.75) is 31.3 Å². The number of hydrogen-bond acceptors (Lipinski definition) is 5. The van der Waals surface area contributed by atoms with Crippen LogP contribution in [0.2, 0.25) is 0 Å². The van der Waals surface area contributed by atoms with Crippen LogP contribution in [0.15, 0.2) is 70.6 Å². The molecule has 2 heterocycles. The van der Waals surface area contributed by atoms with Gasteiger partial charge in [0.25, 0.3) is 5.56 Å². The molecule has 6 nitrogen and oxygen atoms in total. The van der Waals surface area contributed by atoms with Crippen LogP contribution in [0.25, 0.3) is 17.0 Å². The van der Waals surface area contributed by atoms with Crippen LogP contribution in [-0.2, 0) is 5.41 Å². The van der Waals surface area contributed by atoms with Crippen LogP contribution in [0.3, 0.4) is 0 Å². The smallest absolute Gasteiger partial charge is 0.266 e. The average molecular weight is 407 g/mol. The van der Waals surface area contributed by atoms with Crippen LogP contribution in [0.1, 0.15) is 26.3 Å². The van der Waals surface area contributed by atoms with Gasteiger partial charge in [0, 0.05) is 11.6 Å². The summed E-state index contributed by atoms with van der Waals surface area (Å²) >= 11 is 1.39. The standard InChI is InChI=1S/C22H22N4O2S/c1-22(2,3)16-11-9-15(10-12-16)20-23-18-13-19(27)25-26(18)21(24-20)29-14-28-17-7-5-4-6-8-17/h4-13H,14H2,1-3H3,(H,25,27). The van der Waals surface area contributed by atoms with Crippen molar-refractivity contribution in [3.05, 3.63) is 76.6 Å². The number of nitrogens with zero attached hydrogens (tertiary/aromatic N) is 3. The third-order valence-electron chi connectivity index (χ3n) is 4.49. The first-order valence-electron chi connectivity index (χ1n) is 9.31. The van der Waals surface area contributed by atoms with E-state index in [4.69, 9.17) is 4.74 Å². The Bertz CT molecular complexity index is 1180. The molecule has 0 saturated carbocycles. The van der Waals surface area contributed by atoms with Crippen LogP contribution in [0.5, 0.6) is 5.75 Å². The molecule has 0 saturated heterocycles. The van der Waals surface area contributed by atoms with Gasteiger partial charge in [0.15, 0.2) is 16.6 Å². The van der Waals surface area contributed by atoms with Gasteiger partial charge < -0.3 is 4.74 Å². The van der Waals surface area contributed by atoms with E-state index in [1.807, 2.05) is 42.5 Å². The SMILES string of the molecule is CC(C)(C)c1ccc(-c2nc(SCOc3ccccc3)n3[nH]c(=O)cc3n2)cc1. The Morgan fingerprint density at radius 3 is 2.45 bits per heavy atom. The number of fused-ring (bicyclic) bond motifs is 1. The van der Waals surface area contributed by atoms with Gasteiger partial charge in [-0.25, -0.2) is 14.5 Å². The third kappa shape index (κ3) is 4.35. The van der Waals surface area contributed by atoms with Gasteiger partial charge in [-0.3, -0.25) is 9.89 Å². The number of benzene rings is 2. The lowest BCUT2D eigenvalue weighted by Crippen LogP contribution is -2.10. The van der Waals surface area contributed by atoms with Gasteiger partial charge in [-0.2, -0.15) is 0 Å². The molecule has 1 N–H and O–H groups in total. The maximum atomic E-state index is 11.9. The molecular weight excluding hydrogens is 384 g/mol. The average Bonchev–Trinajstić information content (AvgIpc) is 3.08. The van der Waals surface area contributed by atoms with E-state index in [2.05, 4.69) is 48.0 Å². The van der Waals surface area contributed by atoms with Crippen LogP contribution in [0, 0.1) is 0 Å². The van der Waals surface area contributed by atoms with Crippen LogP contribution in [-0.4, -0.2) is 25.5 Å². The summed E-state index contributed by atoms with van der Waals surface area (Å²) in [5, 5.41) is 3.36. The van der Waals surface area contributed by atoms with Crippen molar-refractivity contribution in [1.82, 2.24) is 19.6 Å². The minimum Gasteiger partial charge on any atom is -0.483 e. The monoisotopic (exact) mass is 406 g/mol. The van der Waals surface area contributed by atoms with Gasteiger partial charge in [-0.1, -0.05) is 63.2 Å². The Hall–Kier alpha value is -3.06. The second-order valence-corrected chi connectivity index (χ2v) is 8.58. The number of rotatable bonds is 5. The molecule has 0 radical (unpaired) electrons. The van der Waals surface area contributed by atoms with E-state index in [1.54, 1.807) is 4.52 Å². The summed E-state index contributed by atoms with van der Waals surface area (Å²) in [7, 11) is 0. The molecule has 0 aliphatic carbocycles. The van der Waals surface area contributed by atoms with Gasteiger partial charge in [0.1, 0.15) is 11.7 Å². The maximum Gasteiger partial charge on any atom is 0.266 e. The zero-order chi connectivity index (χ0) is 20.4. The number of hydrogen-bond donors (Lipinski definition) is 1. The summed E-state index contributed by atoms with van der Waals surface area (Å²) in [6.07, 6.45) is 0. The Balaban J connectivity index is 1.64. The molecule has 2 aromatic heterocycles. The van der Waals surface area contributed by atoms with Crippen LogP contribution >= 0.6 is 11.8 Å². The quantitative estimate of drug-likeness (QED) is 0.390. The van der Waals surface area contributed by atoms with E-state index in [0.717, 1.165) is 11.3 Å². The predicted molar refractivity (Wildman–Crippen MR) is 116 cm³/mol. The molecule has 0 unspecified atom stereocenters. The molecule has 7 heteroatoms. The normalized spacial score (nSPS) is 11.7. The fraction of sp³-hybridized carbons (Fsp3) is 0.227. The predicted octanol–water partition coefficient (Wildman–Crippen LogP) is 4.51. The summed E-state index contributed by atoms with van der Waals surface area (Å²) in [6.45, 7) is 6.54. The van der Waals surface area contributed by atoms with E-state index in [9.17, 15) is 4.79 Å². The molecule has 0 atom stereocenters. The molecular formula is C22H22N4O2S. The molecule has 4 aromatic rings. The lowest BCUT2D eigenvalue weighted by molar-refractivity contribution is 0.392. The number of nitrogens with one attached hydrogen (secondary N) is 1. The van der Waals surface area contributed by atoms with Crippen molar-refractivity contribution in [3.8, 4) is 17.1 Å². The second kappa shape index (κ2) is 7.75. The van der Waals surface area contributed by atoms with Crippen molar-refractivity contribution in [2.24, 2.45) is 0 Å². The number of para-hydroxylation sites is 1. The highest BCUT2D eigenvalue weighted by atomic mass is 32.2. The van der Waals surface area contributed by atoms with E-state index in [-0.39, 0.29) is 11.0 Å². The van der Waals surface area contributed by atoms with E-state index >= 15 is 0 Å². The lowest BCUT2D eigenvalue weighted by Gasteiger charge is -2.19. The van der Waals surface area contributed by atoms with Crippen molar-refractivity contribution in [1.29, 1.82) is 0 Å². The first-order chi connectivity index (χ1) is 13.9. The second-order valence-electron chi connectivity index (χ2n) is 7.69. The van der Waals surface area contributed by atoms with E-state index in [0.29, 0.717) is 22.6 Å². The first-order valence-corrected chi connectivity index (χ1v) is 10.3. The topological polar surface area (TPSA) is 72.3 Å². The Morgan fingerprint density at radius 1 is 1.03 bits per heavy atom. The Kier molecular flexibility index (Phi) is 5.15. The van der Waals surface area contributed by atoms with Crippen molar-refractivity contribution in [3.63, 3.8) is 0 Å². The summed E-state index contributed by atoms with van der Waals surface area (Å²) in [6, 6.07) is 19.3. The summed E-state index contributed by atoms with van der Waals surface area (Å²) in [5.74, 6) is 1.72. The molecule has 0 aliphatic rings. The largest absolute Gasteiger partial charge is 0.483 e. The fourth-order valence-electron chi connectivity index (χ4n) is 2.90. The molecule has 0 spiro atoms. The number of aromatic amines is 1. The van der Waals surface area contributed by atoms with Gasteiger partial charge in [-0.05, 0) is 34.9 Å². The van der Waals surface area contributed by atoms with Gasteiger partial charge >= 0.3 is 0 Å². The highest BCUT2D eigenvalue weighted by molar-refractivity contribution is 7.99. The maximum absolute atomic E-state index is 11.9.